The molecule has 1 N–H and O–H groups in total. The van der Waals surface area contributed by atoms with Crippen molar-refractivity contribution >= 4 is 40.7 Å². The highest BCUT2D eigenvalue weighted by atomic mass is 79.9. The van der Waals surface area contributed by atoms with E-state index in [1.54, 1.807) is 0 Å². The van der Waals surface area contributed by atoms with Gasteiger partial charge < -0.3 is 5.32 Å². The maximum Gasteiger partial charge on any atom is 0.416 e. The lowest BCUT2D eigenvalue weighted by Gasteiger charge is -2.35. The molecule has 0 amide bonds. The fourth-order valence-corrected chi connectivity index (χ4v) is 2.93. The molecule has 1 fully saturated rings. The van der Waals surface area contributed by atoms with E-state index in [0.717, 1.165) is 12.1 Å². The number of rotatable bonds is 3. The van der Waals surface area contributed by atoms with E-state index in [-0.39, 0.29) is 34.9 Å². The van der Waals surface area contributed by atoms with Crippen LogP contribution in [0, 0.1) is 0 Å². The topological polar surface area (TPSA) is 15.3 Å². The molecule has 1 heterocycles. The average Bonchev–Trinajstić information content (AvgIpc) is 2.38. The Bertz CT molecular complexity index is 496. The number of piperazine rings is 1. The molecule has 1 aromatic rings. The third-order valence-corrected chi connectivity index (χ3v) is 3.83. The average molecular weight is 446 g/mol. The molecule has 2 rings (SSSR count). The second-order valence-electron chi connectivity index (χ2n) is 4.84. The zero-order valence-electron chi connectivity index (χ0n) is 11.7. The van der Waals surface area contributed by atoms with Gasteiger partial charge in [0, 0.05) is 30.7 Å². The molecule has 0 unspecified atom stereocenters. The minimum atomic E-state index is -4.56. The number of benzene rings is 1. The van der Waals surface area contributed by atoms with E-state index in [1.165, 1.54) is 11.0 Å². The van der Waals surface area contributed by atoms with Crippen molar-refractivity contribution in [1.29, 1.82) is 0 Å². The molecule has 1 aliphatic rings. The largest absolute Gasteiger partial charge is 0.416 e. The molecular formula is C13H16BrCl2F5N2. The smallest absolute Gasteiger partial charge is 0.314 e. The molecule has 0 saturated carbocycles. The van der Waals surface area contributed by atoms with Crippen molar-refractivity contribution in [2.24, 2.45) is 0 Å². The molecule has 0 aromatic heterocycles. The van der Waals surface area contributed by atoms with Crippen LogP contribution in [0.5, 0.6) is 0 Å². The Morgan fingerprint density at radius 3 is 2.09 bits per heavy atom. The van der Waals surface area contributed by atoms with Gasteiger partial charge in [0.05, 0.1) is 11.6 Å². The lowest BCUT2D eigenvalue weighted by molar-refractivity contribution is -0.137. The molecule has 0 radical (unpaired) electrons. The molecule has 1 aliphatic heterocycles. The van der Waals surface area contributed by atoms with Crippen LogP contribution in [0.3, 0.4) is 0 Å². The normalized spacial score (nSPS) is 17.3. The van der Waals surface area contributed by atoms with Crippen LogP contribution >= 0.6 is 40.7 Å². The lowest BCUT2D eigenvalue weighted by Crippen LogP contribution is -2.47. The summed E-state index contributed by atoms with van der Waals surface area (Å²) in [6.07, 6.45) is -7.31. The van der Waals surface area contributed by atoms with E-state index in [0.29, 0.717) is 26.2 Å². The SMILES string of the molecule is Cl.Cl.FC(F)[C@@H](c1cc(Br)cc(C(F)(F)F)c1)N1CCNCC1. The van der Waals surface area contributed by atoms with Crippen molar-refractivity contribution in [2.45, 2.75) is 18.6 Å². The van der Waals surface area contributed by atoms with Gasteiger partial charge in [0.1, 0.15) is 0 Å². The number of halogens is 8. The third-order valence-electron chi connectivity index (χ3n) is 3.37. The van der Waals surface area contributed by atoms with Crippen molar-refractivity contribution in [1.82, 2.24) is 10.2 Å². The number of hydrogen-bond donors (Lipinski definition) is 1. The minimum Gasteiger partial charge on any atom is -0.314 e. The third kappa shape index (κ3) is 6.01. The molecule has 23 heavy (non-hydrogen) atoms. The first-order chi connectivity index (χ1) is 9.79. The molecule has 1 atom stereocenters. The van der Waals surface area contributed by atoms with Crippen molar-refractivity contribution in [2.75, 3.05) is 26.2 Å². The summed E-state index contributed by atoms with van der Waals surface area (Å²) in [5, 5.41) is 3.03. The summed E-state index contributed by atoms with van der Waals surface area (Å²) < 4.78 is 65.4. The summed E-state index contributed by atoms with van der Waals surface area (Å²) in [6, 6.07) is 1.70. The molecule has 1 aromatic carbocycles. The van der Waals surface area contributed by atoms with E-state index in [9.17, 15) is 22.0 Å². The van der Waals surface area contributed by atoms with Crippen molar-refractivity contribution in [3.8, 4) is 0 Å². The summed E-state index contributed by atoms with van der Waals surface area (Å²) >= 11 is 2.97. The van der Waals surface area contributed by atoms with Crippen molar-refractivity contribution in [3.63, 3.8) is 0 Å². The van der Waals surface area contributed by atoms with Crippen LogP contribution in [-0.4, -0.2) is 37.5 Å². The summed E-state index contributed by atoms with van der Waals surface area (Å²) in [6.45, 7) is 1.85. The predicted molar refractivity (Wildman–Crippen MR) is 86.8 cm³/mol. The Hall–Kier alpha value is -0.150. The summed E-state index contributed by atoms with van der Waals surface area (Å²) in [7, 11) is 0. The summed E-state index contributed by atoms with van der Waals surface area (Å²) in [4.78, 5) is 1.52. The fourth-order valence-electron chi connectivity index (χ4n) is 2.42. The Labute approximate surface area is 151 Å². The quantitative estimate of drug-likeness (QED) is 0.688. The highest BCUT2D eigenvalue weighted by Crippen LogP contribution is 2.36. The molecule has 2 nitrogen and oxygen atoms in total. The number of alkyl halides is 5. The van der Waals surface area contributed by atoms with Gasteiger partial charge in [0.25, 0.3) is 6.43 Å². The molecule has 0 spiro atoms. The molecule has 0 aliphatic carbocycles. The predicted octanol–water partition coefficient (Wildman–Crippen LogP) is 4.52. The van der Waals surface area contributed by atoms with E-state index < -0.39 is 24.2 Å². The van der Waals surface area contributed by atoms with Gasteiger partial charge in [-0.05, 0) is 23.8 Å². The second kappa shape index (κ2) is 9.36. The van der Waals surface area contributed by atoms with Crippen LogP contribution < -0.4 is 5.32 Å². The maximum atomic E-state index is 13.4. The summed E-state index contributed by atoms with van der Waals surface area (Å²) in [5.41, 5.74) is -0.943. The lowest BCUT2D eigenvalue weighted by atomic mass is 10.0. The zero-order valence-corrected chi connectivity index (χ0v) is 15.0. The van der Waals surface area contributed by atoms with Gasteiger partial charge in [-0.1, -0.05) is 15.9 Å². The van der Waals surface area contributed by atoms with E-state index in [1.807, 2.05) is 0 Å². The minimum absolute atomic E-state index is 0. The van der Waals surface area contributed by atoms with Gasteiger partial charge in [-0.2, -0.15) is 13.2 Å². The number of nitrogens with one attached hydrogen (secondary N) is 1. The Kier molecular flexibility index (Phi) is 9.30. The van der Waals surface area contributed by atoms with Gasteiger partial charge in [-0.15, -0.1) is 24.8 Å². The van der Waals surface area contributed by atoms with Gasteiger partial charge >= 0.3 is 6.18 Å². The van der Waals surface area contributed by atoms with Gasteiger partial charge in [-0.25, -0.2) is 8.78 Å². The number of hydrogen-bond acceptors (Lipinski definition) is 2. The monoisotopic (exact) mass is 444 g/mol. The van der Waals surface area contributed by atoms with E-state index >= 15 is 0 Å². The van der Waals surface area contributed by atoms with Crippen LogP contribution in [0.2, 0.25) is 0 Å². The fraction of sp³-hybridized carbons (Fsp3) is 0.538. The van der Waals surface area contributed by atoms with E-state index in [4.69, 9.17) is 0 Å². The van der Waals surface area contributed by atoms with Crippen molar-refractivity contribution < 1.29 is 22.0 Å². The van der Waals surface area contributed by atoms with Crippen LogP contribution in [0.15, 0.2) is 22.7 Å². The first-order valence-electron chi connectivity index (χ1n) is 6.39. The second-order valence-corrected chi connectivity index (χ2v) is 5.75. The molecular weight excluding hydrogens is 430 g/mol. The highest BCUT2D eigenvalue weighted by molar-refractivity contribution is 9.10. The van der Waals surface area contributed by atoms with Crippen LogP contribution in [-0.2, 0) is 6.18 Å². The zero-order chi connectivity index (χ0) is 15.6. The van der Waals surface area contributed by atoms with Crippen LogP contribution in [0.1, 0.15) is 17.2 Å². The van der Waals surface area contributed by atoms with Gasteiger partial charge in [0.2, 0.25) is 0 Å². The maximum absolute atomic E-state index is 13.4. The first-order valence-corrected chi connectivity index (χ1v) is 7.19. The standard InChI is InChI=1S/C13H14BrF5N2.2ClH/c14-10-6-8(5-9(7-10)13(17,18)19)11(12(15)16)21-3-1-20-2-4-21;;/h5-7,11-12,20H,1-4H2;2*1H/t11-;;/m1../s1. The number of nitrogens with zero attached hydrogens (tertiary/aromatic N) is 1. The molecule has 0 bridgehead atoms. The van der Waals surface area contributed by atoms with E-state index in [2.05, 4.69) is 21.2 Å². The van der Waals surface area contributed by atoms with Crippen molar-refractivity contribution in [3.05, 3.63) is 33.8 Å². The van der Waals surface area contributed by atoms with Crippen LogP contribution in [0.4, 0.5) is 22.0 Å². The molecule has 134 valence electrons. The highest BCUT2D eigenvalue weighted by Gasteiger charge is 2.35. The first kappa shape index (κ1) is 22.9. The Balaban J connectivity index is 0.00000242. The summed E-state index contributed by atoms with van der Waals surface area (Å²) in [5.74, 6) is 0. The Morgan fingerprint density at radius 2 is 1.61 bits per heavy atom. The van der Waals surface area contributed by atoms with Crippen LogP contribution in [0.25, 0.3) is 0 Å². The van der Waals surface area contributed by atoms with Gasteiger partial charge in [-0.3, -0.25) is 4.90 Å². The molecule has 1 saturated heterocycles. The van der Waals surface area contributed by atoms with Gasteiger partial charge in [0.15, 0.2) is 0 Å². The molecule has 10 heteroatoms. The Morgan fingerprint density at radius 1 is 1.04 bits per heavy atom.